The van der Waals surface area contributed by atoms with Gasteiger partial charge in [0.15, 0.2) is 0 Å². The molecular weight excluding hydrogens is 186 g/mol. The van der Waals surface area contributed by atoms with E-state index in [2.05, 4.69) is 12.2 Å². The number of hydrogen-bond acceptors (Lipinski definition) is 1. The number of rotatable bonds is 7. The van der Waals surface area contributed by atoms with Crippen molar-refractivity contribution in [3.8, 4) is 0 Å². The molecule has 0 saturated heterocycles. The summed E-state index contributed by atoms with van der Waals surface area (Å²) in [6, 6.07) is 0.149. The molecule has 13 heavy (non-hydrogen) atoms. The van der Waals surface area contributed by atoms with E-state index in [1.54, 1.807) is 0 Å². The van der Waals surface area contributed by atoms with Gasteiger partial charge in [0.25, 0.3) is 0 Å². The van der Waals surface area contributed by atoms with Gasteiger partial charge in [-0.25, -0.2) is 0 Å². The van der Waals surface area contributed by atoms with Gasteiger partial charge in [0.1, 0.15) is 0 Å². The van der Waals surface area contributed by atoms with Gasteiger partial charge in [0.2, 0.25) is 5.91 Å². The maximum atomic E-state index is 11.3. The van der Waals surface area contributed by atoms with Crippen LogP contribution in [0.25, 0.3) is 0 Å². The van der Waals surface area contributed by atoms with E-state index in [1.807, 2.05) is 6.92 Å². The third-order valence-corrected chi connectivity index (χ3v) is 2.42. The van der Waals surface area contributed by atoms with Gasteiger partial charge in [0.05, 0.1) is 0 Å². The van der Waals surface area contributed by atoms with Gasteiger partial charge in [-0.3, -0.25) is 4.79 Å². The molecule has 0 heterocycles. The van der Waals surface area contributed by atoms with Crippen LogP contribution >= 0.6 is 11.6 Å². The maximum absolute atomic E-state index is 11.3. The summed E-state index contributed by atoms with van der Waals surface area (Å²) < 4.78 is 0. The Morgan fingerprint density at radius 2 is 2.08 bits per heavy atom. The Morgan fingerprint density at radius 1 is 1.38 bits per heavy atom. The zero-order chi connectivity index (χ0) is 10.1. The van der Waals surface area contributed by atoms with Crippen molar-refractivity contribution in [1.82, 2.24) is 5.32 Å². The van der Waals surface area contributed by atoms with Gasteiger partial charge in [-0.05, 0) is 12.8 Å². The normalized spacial score (nSPS) is 12.5. The van der Waals surface area contributed by atoms with E-state index in [1.165, 1.54) is 0 Å². The summed E-state index contributed by atoms with van der Waals surface area (Å²) in [4.78, 5) is 11.3. The topological polar surface area (TPSA) is 29.1 Å². The van der Waals surface area contributed by atoms with Gasteiger partial charge in [-0.2, -0.15) is 0 Å². The Balaban J connectivity index is 3.48. The Bertz CT molecular complexity index is 135. The Kier molecular flexibility index (Phi) is 8.21. The molecule has 0 rings (SSSR count). The van der Waals surface area contributed by atoms with Crippen LogP contribution in [0, 0.1) is 0 Å². The largest absolute Gasteiger partial charge is 0.352 e. The quantitative estimate of drug-likeness (QED) is 0.503. The van der Waals surface area contributed by atoms with Crippen LogP contribution in [0.15, 0.2) is 0 Å². The lowest BCUT2D eigenvalue weighted by atomic mass is 10.2. The minimum Gasteiger partial charge on any atom is -0.352 e. The van der Waals surface area contributed by atoms with Crippen LogP contribution in [0.4, 0.5) is 0 Å². The number of unbranched alkanes of at least 4 members (excludes halogenated alkanes) is 2. The second kappa shape index (κ2) is 8.36. The van der Waals surface area contributed by atoms with E-state index < -0.39 is 0 Å². The Morgan fingerprint density at radius 3 is 2.54 bits per heavy atom. The molecule has 1 N–H and O–H groups in total. The van der Waals surface area contributed by atoms with E-state index in [9.17, 15) is 4.79 Å². The average molecular weight is 206 g/mol. The molecule has 2 nitrogen and oxygen atoms in total. The molecule has 0 aliphatic heterocycles. The summed E-state index contributed by atoms with van der Waals surface area (Å²) in [5.74, 6) is 0.650. The summed E-state index contributed by atoms with van der Waals surface area (Å²) >= 11 is 5.66. The zero-order valence-corrected chi connectivity index (χ0v) is 9.36. The maximum Gasteiger partial charge on any atom is 0.220 e. The van der Waals surface area contributed by atoms with Gasteiger partial charge in [-0.1, -0.05) is 26.7 Å². The molecular formula is C10H20ClNO. The molecule has 78 valence electrons. The van der Waals surface area contributed by atoms with Crippen molar-refractivity contribution < 1.29 is 4.79 Å². The SMILES string of the molecule is CCCCCC(=O)NC(CC)CCl. The molecule has 0 aromatic rings. The second-order valence-electron chi connectivity index (χ2n) is 3.28. The van der Waals surface area contributed by atoms with Crippen molar-refractivity contribution in [3.63, 3.8) is 0 Å². The smallest absolute Gasteiger partial charge is 0.220 e. The lowest BCUT2D eigenvalue weighted by molar-refractivity contribution is -0.121. The first-order valence-electron chi connectivity index (χ1n) is 5.09. The molecule has 0 spiro atoms. The zero-order valence-electron chi connectivity index (χ0n) is 8.61. The lowest BCUT2D eigenvalue weighted by Crippen LogP contribution is -2.35. The number of halogens is 1. The predicted octanol–water partition coefficient (Wildman–Crippen LogP) is 2.70. The molecule has 0 aromatic heterocycles. The van der Waals surface area contributed by atoms with Gasteiger partial charge >= 0.3 is 0 Å². The van der Waals surface area contributed by atoms with Gasteiger partial charge in [-0.15, -0.1) is 11.6 Å². The number of hydrogen-bond donors (Lipinski definition) is 1. The van der Waals surface area contributed by atoms with E-state index >= 15 is 0 Å². The lowest BCUT2D eigenvalue weighted by Gasteiger charge is -2.13. The van der Waals surface area contributed by atoms with Gasteiger partial charge in [0, 0.05) is 18.3 Å². The van der Waals surface area contributed by atoms with Crippen molar-refractivity contribution in [1.29, 1.82) is 0 Å². The molecule has 0 radical (unpaired) electrons. The van der Waals surface area contributed by atoms with Crippen LogP contribution in [0.3, 0.4) is 0 Å². The molecule has 0 aromatic carbocycles. The summed E-state index contributed by atoms with van der Waals surface area (Å²) in [6.07, 6.45) is 4.82. The second-order valence-corrected chi connectivity index (χ2v) is 3.59. The highest BCUT2D eigenvalue weighted by molar-refractivity contribution is 6.18. The fourth-order valence-corrected chi connectivity index (χ4v) is 1.38. The van der Waals surface area contributed by atoms with Crippen LogP contribution in [-0.2, 0) is 4.79 Å². The van der Waals surface area contributed by atoms with Crippen molar-refractivity contribution in [3.05, 3.63) is 0 Å². The predicted molar refractivity (Wildman–Crippen MR) is 57.1 cm³/mol. The van der Waals surface area contributed by atoms with Crippen molar-refractivity contribution in [2.24, 2.45) is 0 Å². The Labute approximate surface area is 86.0 Å². The average Bonchev–Trinajstić information content (AvgIpc) is 2.14. The fourth-order valence-electron chi connectivity index (χ4n) is 1.09. The highest BCUT2D eigenvalue weighted by atomic mass is 35.5. The van der Waals surface area contributed by atoms with Crippen molar-refractivity contribution >= 4 is 17.5 Å². The molecule has 0 fully saturated rings. The van der Waals surface area contributed by atoms with E-state index in [0.717, 1.165) is 25.7 Å². The van der Waals surface area contributed by atoms with Crippen LogP contribution in [0.1, 0.15) is 46.0 Å². The number of carbonyl (C=O) groups excluding carboxylic acids is 1. The molecule has 0 aliphatic rings. The molecule has 1 unspecified atom stereocenters. The standard InChI is InChI=1S/C10H20ClNO/c1-3-5-6-7-10(13)12-9(4-2)8-11/h9H,3-8H2,1-2H3,(H,12,13). The molecule has 1 amide bonds. The van der Waals surface area contributed by atoms with Crippen LogP contribution < -0.4 is 5.32 Å². The van der Waals surface area contributed by atoms with Gasteiger partial charge < -0.3 is 5.32 Å². The first-order valence-corrected chi connectivity index (χ1v) is 5.63. The fraction of sp³-hybridized carbons (Fsp3) is 0.900. The highest BCUT2D eigenvalue weighted by Crippen LogP contribution is 2.00. The van der Waals surface area contributed by atoms with Crippen molar-refractivity contribution in [2.75, 3.05) is 5.88 Å². The van der Waals surface area contributed by atoms with Crippen LogP contribution in [0.2, 0.25) is 0 Å². The summed E-state index contributed by atoms with van der Waals surface area (Å²) in [7, 11) is 0. The summed E-state index contributed by atoms with van der Waals surface area (Å²) in [5.41, 5.74) is 0. The first-order chi connectivity index (χ1) is 6.24. The summed E-state index contributed by atoms with van der Waals surface area (Å²) in [6.45, 7) is 4.16. The number of amides is 1. The minimum absolute atomic E-state index is 0.140. The van der Waals surface area contributed by atoms with Crippen LogP contribution in [0.5, 0.6) is 0 Å². The van der Waals surface area contributed by atoms with E-state index in [4.69, 9.17) is 11.6 Å². The highest BCUT2D eigenvalue weighted by Gasteiger charge is 2.07. The number of alkyl halides is 1. The van der Waals surface area contributed by atoms with E-state index in [-0.39, 0.29) is 11.9 Å². The molecule has 1 atom stereocenters. The van der Waals surface area contributed by atoms with E-state index in [0.29, 0.717) is 12.3 Å². The monoisotopic (exact) mass is 205 g/mol. The third-order valence-electron chi connectivity index (χ3n) is 2.05. The number of nitrogens with one attached hydrogen (secondary N) is 1. The third kappa shape index (κ3) is 6.88. The minimum atomic E-state index is 0.140. The molecule has 0 saturated carbocycles. The Hall–Kier alpha value is -0.240. The molecule has 3 heteroatoms. The first kappa shape index (κ1) is 12.8. The molecule has 0 aliphatic carbocycles. The number of carbonyl (C=O) groups is 1. The van der Waals surface area contributed by atoms with Crippen LogP contribution in [-0.4, -0.2) is 17.8 Å². The summed E-state index contributed by atoms with van der Waals surface area (Å²) in [5, 5.41) is 2.90. The van der Waals surface area contributed by atoms with Crippen molar-refractivity contribution in [2.45, 2.75) is 52.0 Å². The molecule has 0 bridgehead atoms.